The van der Waals surface area contributed by atoms with Crippen molar-refractivity contribution in [1.29, 1.82) is 0 Å². The summed E-state index contributed by atoms with van der Waals surface area (Å²) < 4.78 is 7.98. The van der Waals surface area contributed by atoms with E-state index in [1.54, 1.807) is 4.57 Å². The largest absolute Gasteiger partial charge is 0.475 e. The molecular formula is C19H23N5O3. The predicted molar refractivity (Wildman–Crippen MR) is 100 cm³/mol. The molecule has 2 aliphatic rings. The van der Waals surface area contributed by atoms with Crippen LogP contribution in [0.5, 0.6) is 5.75 Å². The average Bonchev–Trinajstić information content (AvgIpc) is 3.26. The number of amides is 1. The van der Waals surface area contributed by atoms with E-state index in [0.717, 1.165) is 42.9 Å². The Kier molecular flexibility index (Phi) is 4.57. The van der Waals surface area contributed by atoms with E-state index in [0.29, 0.717) is 30.4 Å². The number of carbonyl (C=O) groups excluding carboxylic acids is 1. The highest BCUT2D eigenvalue weighted by atomic mass is 16.5. The minimum Gasteiger partial charge on any atom is -0.475 e. The average molecular weight is 369 g/mol. The Bertz CT molecular complexity index is 1030. The quantitative estimate of drug-likeness (QED) is 0.636. The molecule has 142 valence electrons. The lowest BCUT2D eigenvalue weighted by atomic mass is 10.1. The van der Waals surface area contributed by atoms with Gasteiger partial charge in [-0.1, -0.05) is 6.58 Å². The van der Waals surface area contributed by atoms with Crippen molar-refractivity contribution in [3.63, 3.8) is 0 Å². The van der Waals surface area contributed by atoms with Crippen LogP contribution in [0.4, 0.5) is 5.69 Å². The highest BCUT2D eigenvalue weighted by molar-refractivity contribution is 5.73. The van der Waals surface area contributed by atoms with Crippen molar-refractivity contribution in [2.24, 2.45) is 10.7 Å². The lowest BCUT2D eigenvalue weighted by Crippen LogP contribution is -2.38. The van der Waals surface area contributed by atoms with E-state index in [4.69, 9.17) is 10.5 Å². The molecule has 2 aromatic rings. The standard InChI is InChI=1S/C19H23N5O3/c1-12-18(26)22-19-21-15-5-4-14(10-13(15)11-24(12)19)27-17(7-6-16(20)25)23-8-2-3-9-23/h4-5,10,17H,1-3,6-9,11H2,(H2,20,25)(H,21,22,26). The molecule has 8 heteroatoms. The topological polar surface area (TPSA) is 106 Å². The number of aromatic nitrogens is 2. The highest BCUT2D eigenvalue weighted by Gasteiger charge is 2.24. The number of nitrogens with one attached hydrogen (secondary N) is 1. The molecule has 1 unspecified atom stereocenters. The van der Waals surface area contributed by atoms with Crippen LogP contribution in [0.1, 0.15) is 31.2 Å². The number of nitrogens with zero attached hydrogens (tertiary/aromatic N) is 3. The van der Waals surface area contributed by atoms with Gasteiger partial charge >= 0.3 is 0 Å². The van der Waals surface area contributed by atoms with Crippen LogP contribution in [0.2, 0.25) is 0 Å². The van der Waals surface area contributed by atoms with Gasteiger partial charge in [-0.2, -0.15) is 0 Å². The summed E-state index contributed by atoms with van der Waals surface area (Å²) in [5.74, 6) is 0.401. The summed E-state index contributed by atoms with van der Waals surface area (Å²) in [7, 11) is 0. The first-order valence-electron chi connectivity index (χ1n) is 9.20. The van der Waals surface area contributed by atoms with E-state index >= 15 is 0 Å². The molecule has 27 heavy (non-hydrogen) atoms. The number of fused-ring (bicyclic) bond motifs is 2. The van der Waals surface area contributed by atoms with Gasteiger partial charge in [-0.3, -0.25) is 19.5 Å². The molecule has 0 spiro atoms. The molecule has 0 saturated carbocycles. The summed E-state index contributed by atoms with van der Waals surface area (Å²) in [5, 5.41) is 0.391. The Balaban J connectivity index is 1.58. The minimum atomic E-state index is -0.320. The van der Waals surface area contributed by atoms with Crippen LogP contribution in [0, 0.1) is 0 Å². The molecule has 4 rings (SSSR count). The van der Waals surface area contributed by atoms with Gasteiger partial charge in [0.1, 0.15) is 11.1 Å². The fraction of sp³-hybridized carbons (Fsp3) is 0.421. The monoisotopic (exact) mass is 369 g/mol. The number of benzene rings is 1. The fourth-order valence-corrected chi connectivity index (χ4v) is 3.67. The molecule has 8 nitrogen and oxygen atoms in total. The van der Waals surface area contributed by atoms with Gasteiger partial charge in [0.05, 0.1) is 12.2 Å². The number of imidazole rings is 1. The summed E-state index contributed by atoms with van der Waals surface area (Å²) in [6, 6.07) is 5.70. The van der Waals surface area contributed by atoms with Gasteiger partial charge in [-0.25, -0.2) is 4.99 Å². The van der Waals surface area contributed by atoms with Gasteiger partial charge in [0, 0.05) is 31.5 Å². The van der Waals surface area contributed by atoms with Crippen LogP contribution in [-0.4, -0.2) is 39.7 Å². The normalized spacial score (nSPS) is 17.0. The smallest absolute Gasteiger partial charge is 0.274 e. The van der Waals surface area contributed by atoms with Crippen molar-refractivity contribution in [3.05, 3.63) is 45.1 Å². The van der Waals surface area contributed by atoms with Gasteiger partial charge in [0.15, 0.2) is 6.23 Å². The first-order valence-corrected chi connectivity index (χ1v) is 9.20. The van der Waals surface area contributed by atoms with Gasteiger partial charge in [-0.15, -0.1) is 0 Å². The number of primary amides is 1. The Hall–Kier alpha value is -2.87. The number of ether oxygens (including phenoxy) is 1. The lowest BCUT2D eigenvalue weighted by molar-refractivity contribution is -0.119. The number of aromatic amines is 1. The Morgan fingerprint density at radius 2 is 2.15 bits per heavy atom. The van der Waals surface area contributed by atoms with E-state index in [2.05, 4.69) is 21.5 Å². The molecule has 2 aliphatic heterocycles. The summed E-state index contributed by atoms with van der Waals surface area (Å²) in [4.78, 5) is 32.4. The first kappa shape index (κ1) is 17.5. The van der Waals surface area contributed by atoms with Crippen molar-refractivity contribution in [2.75, 3.05) is 13.1 Å². The summed E-state index contributed by atoms with van der Waals surface area (Å²) in [5.41, 5.74) is 7.38. The summed E-state index contributed by atoms with van der Waals surface area (Å²) in [6.45, 7) is 6.24. The maximum absolute atomic E-state index is 11.8. The SMILES string of the molecule is C=c1c(=O)[nH]c2n1Cc1cc(OC(CCC(N)=O)N3CCCC3)ccc1N=2. The van der Waals surface area contributed by atoms with Gasteiger partial charge in [0.25, 0.3) is 5.56 Å². The van der Waals surface area contributed by atoms with E-state index in [1.807, 2.05) is 18.2 Å². The van der Waals surface area contributed by atoms with Gasteiger partial charge < -0.3 is 15.0 Å². The van der Waals surface area contributed by atoms with Crippen LogP contribution < -0.4 is 27.0 Å². The molecule has 1 saturated heterocycles. The number of hydrogen-bond donors (Lipinski definition) is 2. The van der Waals surface area contributed by atoms with Crippen LogP contribution in [0.3, 0.4) is 0 Å². The zero-order valence-electron chi connectivity index (χ0n) is 15.1. The van der Waals surface area contributed by atoms with Crippen LogP contribution in [-0.2, 0) is 11.3 Å². The Morgan fingerprint density at radius 3 is 2.89 bits per heavy atom. The summed E-state index contributed by atoms with van der Waals surface area (Å²) in [6.07, 6.45) is 2.95. The zero-order valence-corrected chi connectivity index (χ0v) is 15.1. The second-order valence-electron chi connectivity index (χ2n) is 7.03. The summed E-state index contributed by atoms with van der Waals surface area (Å²) >= 11 is 0. The second-order valence-corrected chi connectivity index (χ2v) is 7.03. The van der Waals surface area contributed by atoms with E-state index in [-0.39, 0.29) is 17.7 Å². The minimum absolute atomic E-state index is 0.175. The van der Waals surface area contributed by atoms with Crippen molar-refractivity contribution < 1.29 is 9.53 Å². The van der Waals surface area contributed by atoms with Gasteiger partial charge in [-0.05, 0) is 31.0 Å². The number of likely N-dealkylation sites (tertiary alicyclic amines) is 1. The second kappa shape index (κ2) is 7.03. The van der Waals surface area contributed by atoms with E-state index < -0.39 is 0 Å². The number of carbonyl (C=O) groups is 1. The molecule has 1 amide bonds. The number of H-pyrrole nitrogens is 1. The maximum atomic E-state index is 11.8. The Morgan fingerprint density at radius 1 is 1.37 bits per heavy atom. The van der Waals surface area contributed by atoms with Crippen LogP contribution in [0.15, 0.2) is 28.0 Å². The van der Waals surface area contributed by atoms with E-state index in [9.17, 15) is 9.59 Å². The molecule has 1 fully saturated rings. The van der Waals surface area contributed by atoms with Crippen LogP contribution in [0.25, 0.3) is 6.58 Å². The third-order valence-corrected chi connectivity index (χ3v) is 5.13. The van der Waals surface area contributed by atoms with Crippen molar-refractivity contribution in [1.82, 2.24) is 14.5 Å². The molecule has 1 aromatic carbocycles. The van der Waals surface area contributed by atoms with Crippen molar-refractivity contribution in [3.8, 4) is 5.75 Å². The lowest BCUT2D eigenvalue weighted by Gasteiger charge is -2.28. The molecule has 0 aliphatic carbocycles. The predicted octanol–water partition coefficient (Wildman–Crippen LogP) is -0.0341. The van der Waals surface area contributed by atoms with Crippen LogP contribution >= 0.6 is 0 Å². The number of hydrogen-bond acceptors (Lipinski definition) is 5. The third kappa shape index (κ3) is 3.52. The molecule has 3 N–H and O–H groups in total. The first-order chi connectivity index (χ1) is 13.0. The molecule has 0 radical (unpaired) electrons. The number of nitrogens with two attached hydrogens (primary N) is 1. The zero-order chi connectivity index (χ0) is 19.0. The van der Waals surface area contributed by atoms with Gasteiger partial charge in [0.2, 0.25) is 11.5 Å². The molecule has 1 aromatic heterocycles. The van der Waals surface area contributed by atoms with Crippen molar-refractivity contribution >= 4 is 18.2 Å². The fourth-order valence-electron chi connectivity index (χ4n) is 3.67. The van der Waals surface area contributed by atoms with Crippen molar-refractivity contribution in [2.45, 2.75) is 38.5 Å². The number of rotatable bonds is 6. The molecular weight excluding hydrogens is 346 g/mol. The molecule has 3 heterocycles. The van der Waals surface area contributed by atoms with E-state index in [1.165, 1.54) is 0 Å². The maximum Gasteiger partial charge on any atom is 0.274 e. The molecule has 1 atom stereocenters. The Labute approximate surface area is 156 Å². The third-order valence-electron chi connectivity index (χ3n) is 5.13. The molecule has 0 bridgehead atoms. The highest BCUT2D eigenvalue weighted by Crippen LogP contribution is 2.28.